The number of carboxylic acid groups (broad SMARTS) is 1. The predicted molar refractivity (Wildman–Crippen MR) is 64.4 cm³/mol. The highest BCUT2D eigenvalue weighted by atomic mass is 16.4. The molecule has 0 aromatic carbocycles. The molecule has 3 heteroatoms. The Morgan fingerprint density at radius 3 is 2.44 bits per heavy atom. The van der Waals surface area contributed by atoms with Crippen molar-refractivity contribution in [1.29, 1.82) is 0 Å². The number of hydrogen-bond acceptors (Lipinski definition) is 2. The molecule has 0 saturated heterocycles. The van der Waals surface area contributed by atoms with E-state index >= 15 is 0 Å². The standard InChI is InChI=1S/C11H20O.C2H4O2/c1-2-3-4-5-7-10-8-6-9-11(10)12;1-2(3)4/h10H,2-9H2,1H3;1H3,(H,3,4). The largest absolute Gasteiger partial charge is 0.481 e. The van der Waals surface area contributed by atoms with Crippen molar-refractivity contribution in [3.05, 3.63) is 0 Å². The molecule has 1 fully saturated rings. The molecule has 0 aromatic rings. The summed E-state index contributed by atoms with van der Waals surface area (Å²) < 4.78 is 0. The Bertz CT molecular complexity index is 207. The molecule has 3 nitrogen and oxygen atoms in total. The van der Waals surface area contributed by atoms with E-state index in [1.807, 2.05) is 0 Å². The minimum absolute atomic E-state index is 0.446. The number of unbranched alkanes of at least 4 members (excludes halogenated alkanes) is 3. The lowest BCUT2D eigenvalue weighted by atomic mass is 9.99. The molecule has 1 saturated carbocycles. The first-order chi connectivity index (χ1) is 7.57. The van der Waals surface area contributed by atoms with E-state index in [2.05, 4.69) is 6.92 Å². The zero-order chi connectivity index (χ0) is 12.4. The Morgan fingerprint density at radius 1 is 1.38 bits per heavy atom. The van der Waals surface area contributed by atoms with Gasteiger partial charge < -0.3 is 5.11 Å². The number of ketones is 1. The lowest BCUT2D eigenvalue weighted by molar-refractivity contribution is -0.134. The fraction of sp³-hybridized carbons (Fsp3) is 0.846. The van der Waals surface area contributed by atoms with Crippen LogP contribution in [0, 0.1) is 5.92 Å². The van der Waals surface area contributed by atoms with Crippen LogP contribution in [0.5, 0.6) is 0 Å². The molecule has 1 unspecified atom stereocenters. The summed E-state index contributed by atoms with van der Waals surface area (Å²) in [5.41, 5.74) is 0. The topological polar surface area (TPSA) is 54.4 Å². The Morgan fingerprint density at radius 2 is 2.00 bits per heavy atom. The van der Waals surface area contributed by atoms with Crippen LogP contribution < -0.4 is 0 Å². The zero-order valence-corrected chi connectivity index (χ0v) is 10.5. The third-order valence-corrected chi connectivity index (χ3v) is 2.84. The van der Waals surface area contributed by atoms with Crippen LogP contribution in [0.4, 0.5) is 0 Å². The molecule has 0 aromatic heterocycles. The van der Waals surface area contributed by atoms with Crippen LogP contribution in [-0.4, -0.2) is 16.9 Å². The van der Waals surface area contributed by atoms with Gasteiger partial charge in [0.25, 0.3) is 5.97 Å². The molecule has 0 aliphatic heterocycles. The van der Waals surface area contributed by atoms with E-state index < -0.39 is 5.97 Å². The number of carbonyl (C=O) groups excluding carboxylic acids is 1. The number of aliphatic carboxylic acids is 1. The van der Waals surface area contributed by atoms with Gasteiger partial charge in [-0.3, -0.25) is 9.59 Å². The summed E-state index contributed by atoms with van der Waals surface area (Å²) in [5, 5.41) is 7.42. The summed E-state index contributed by atoms with van der Waals surface area (Å²) in [6, 6.07) is 0. The monoisotopic (exact) mass is 228 g/mol. The second-order valence-corrected chi connectivity index (χ2v) is 4.42. The highest BCUT2D eigenvalue weighted by Gasteiger charge is 2.23. The van der Waals surface area contributed by atoms with Crippen LogP contribution >= 0.6 is 0 Å². The van der Waals surface area contributed by atoms with Gasteiger partial charge in [0.1, 0.15) is 5.78 Å². The van der Waals surface area contributed by atoms with Gasteiger partial charge in [0.05, 0.1) is 0 Å². The molecule has 0 bridgehead atoms. The summed E-state index contributed by atoms with van der Waals surface area (Å²) in [4.78, 5) is 20.2. The van der Waals surface area contributed by atoms with Crippen LogP contribution in [0.1, 0.15) is 65.2 Å². The van der Waals surface area contributed by atoms with Crippen LogP contribution in [0.2, 0.25) is 0 Å². The fourth-order valence-corrected chi connectivity index (χ4v) is 2.01. The first-order valence-corrected chi connectivity index (χ1v) is 6.30. The lowest BCUT2D eigenvalue weighted by Crippen LogP contribution is -2.05. The molecule has 1 atom stereocenters. The summed E-state index contributed by atoms with van der Waals surface area (Å²) >= 11 is 0. The van der Waals surface area contributed by atoms with E-state index in [9.17, 15) is 4.79 Å². The number of Topliss-reactive ketones (excluding diaryl/α,β-unsaturated/α-hetero) is 1. The lowest BCUT2D eigenvalue weighted by Gasteiger charge is -2.05. The summed E-state index contributed by atoms with van der Waals surface area (Å²) in [5.74, 6) is 0.147. The van der Waals surface area contributed by atoms with Crippen molar-refractivity contribution in [2.75, 3.05) is 0 Å². The van der Waals surface area contributed by atoms with Gasteiger partial charge in [0.15, 0.2) is 0 Å². The van der Waals surface area contributed by atoms with Crippen molar-refractivity contribution >= 4 is 11.8 Å². The van der Waals surface area contributed by atoms with Crippen molar-refractivity contribution in [1.82, 2.24) is 0 Å². The molecule has 1 N–H and O–H groups in total. The molecule has 0 spiro atoms. The highest BCUT2D eigenvalue weighted by Crippen LogP contribution is 2.26. The van der Waals surface area contributed by atoms with E-state index in [0.29, 0.717) is 11.7 Å². The summed E-state index contributed by atoms with van der Waals surface area (Å²) in [7, 11) is 0. The maximum Gasteiger partial charge on any atom is 0.300 e. The predicted octanol–water partition coefficient (Wildman–Crippen LogP) is 3.42. The quantitative estimate of drug-likeness (QED) is 0.733. The third-order valence-electron chi connectivity index (χ3n) is 2.84. The van der Waals surface area contributed by atoms with Crippen molar-refractivity contribution in [3.63, 3.8) is 0 Å². The van der Waals surface area contributed by atoms with E-state index in [-0.39, 0.29) is 0 Å². The molecular formula is C13H24O3. The number of carbonyl (C=O) groups is 2. The maximum absolute atomic E-state index is 11.2. The van der Waals surface area contributed by atoms with Gasteiger partial charge in [-0.15, -0.1) is 0 Å². The van der Waals surface area contributed by atoms with E-state index in [1.165, 1.54) is 38.5 Å². The molecule has 1 aliphatic carbocycles. The molecule has 1 rings (SSSR count). The molecular weight excluding hydrogens is 204 g/mol. The molecule has 0 amide bonds. The van der Waals surface area contributed by atoms with E-state index in [1.54, 1.807) is 0 Å². The first-order valence-electron chi connectivity index (χ1n) is 6.30. The van der Waals surface area contributed by atoms with Gasteiger partial charge >= 0.3 is 0 Å². The van der Waals surface area contributed by atoms with Crippen LogP contribution in [-0.2, 0) is 9.59 Å². The summed E-state index contributed by atoms with van der Waals surface area (Å²) in [6.07, 6.45) is 9.56. The second-order valence-electron chi connectivity index (χ2n) is 4.42. The van der Waals surface area contributed by atoms with Gasteiger partial charge in [-0.05, 0) is 19.3 Å². The van der Waals surface area contributed by atoms with Crippen molar-refractivity contribution in [2.45, 2.75) is 65.2 Å². The third kappa shape index (κ3) is 8.45. The number of rotatable bonds is 5. The molecule has 1 aliphatic rings. The Balaban J connectivity index is 0.000000487. The van der Waals surface area contributed by atoms with Gasteiger partial charge in [0, 0.05) is 19.3 Å². The number of hydrogen-bond donors (Lipinski definition) is 1. The Hall–Kier alpha value is -0.860. The smallest absolute Gasteiger partial charge is 0.300 e. The minimum Gasteiger partial charge on any atom is -0.481 e. The minimum atomic E-state index is -0.833. The van der Waals surface area contributed by atoms with Gasteiger partial charge in [-0.1, -0.05) is 32.6 Å². The van der Waals surface area contributed by atoms with Crippen molar-refractivity contribution in [3.8, 4) is 0 Å². The fourth-order valence-electron chi connectivity index (χ4n) is 2.01. The van der Waals surface area contributed by atoms with Crippen LogP contribution in [0.3, 0.4) is 0 Å². The highest BCUT2D eigenvalue weighted by molar-refractivity contribution is 5.82. The van der Waals surface area contributed by atoms with Crippen LogP contribution in [0.15, 0.2) is 0 Å². The second kappa shape index (κ2) is 9.37. The van der Waals surface area contributed by atoms with Crippen LogP contribution in [0.25, 0.3) is 0 Å². The maximum atomic E-state index is 11.2. The van der Waals surface area contributed by atoms with E-state index in [4.69, 9.17) is 9.90 Å². The van der Waals surface area contributed by atoms with Gasteiger partial charge in [0.2, 0.25) is 0 Å². The van der Waals surface area contributed by atoms with Gasteiger partial charge in [-0.25, -0.2) is 0 Å². The van der Waals surface area contributed by atoms with E-state index in [0.717, 1.165) is 19.8 Å². The van der Waals surface area contributed by atoms with Gasteiger partial charge in [-0.2, -0.15) is 0 Å². The van der Waals surface area contributed by atoms with Crippen molar-refractivity contribution < 1.29 is 14.7 Å². The summed E-state index contributed by atoms with van der Waals surface area (Å²) in [6.45, 7) is 3.31. The normalized spacial score (nSPS) is 19.1. The molecule has 16 heavy (non-hydrogen) atoms. The SMILES string of the molecule is CC(=O)O.CCCCCCC1CCCC1=O. The molecule has 0 heterocycles. The average molecular weight is 228 g/mol. The molecule has 94 valence electrons. The zero-order valence-electron chi connectivity index (χ0n) is 10.5. The molecule has 0 radical (unpaired) electrons. The van der Waals surface area contributed by atoms with Crippen molar-refractivity contribution in [2.24, 2.45) is 5.92 Å². The first kappa shape index (κ1) is 15.1. The number of carboxylic acids is 1. The average Bonchev–Trinajstić information content (AvgIpc) is 2.58. The Labute approximate surface area is 98.2 Å². The Kier molecular flexibility index (Phi) is 8.87.